The van der Waals surface area contributed by atoms with Crippen LogP contribution in [0.5, 0.6) is 0 Å². The first-order chi connectivity index (χ1) is 15.2. The second-order valence-electron chi connectivity index (χ2n) is 6.87. The lowest BCUT2D eigenvalue weighted by Gasteiger charge is -2.35. The van der Waals surface area contributed by atoms with Gasteiger partial charge >= 0.3 is 0 Å². The summed E-state index contributed by atoms with van der Waals surface area (Å²) in [6, 6.07) is 15.1. The maximum Gasteiger partial charge on any atom is 0.286 e. The second-order valence-corrected chi connectivity index (χ2v) is 8.92. The lowest BCUT2D eigenvalue weighted by atomic mass is 10.3. The van der Waals surface area contributed by atoms with E-state index in [0.29, 0.717) is 35.3 Å². The van der Waals surface area contributed by atoms with Crippen molar-refractivity contribution < 1.29 is 9.59 Å². The molecule has 31 heavy (non-hydrogen) atoms. The smallest absolute Gasteiger partial charge is 0.286 e. The Labute approximate surface area is 188 Å². The number of rotatable bonds is 7. The van der Waals surface area contributed by atoms with Crippen LogP contribution in [0.4, 0.5) is 11.5 Å². The van der Waals surface area contributed by atoms with Crippen LogP contribution >= 0.6 is 23.1 Å². The number of piperazine rings is 1. The van der Waals surface area contributed by atoms with Crippen LogP contribution in [0.1, 0.15) is 14.8 Å². The molecule has 1 aliphatic heterocycles. The molecule has 0 radical (unpaired) electrons. The SMILES string of the molecule is O=C(Nc1ccccc1)c1nnc(CSCC(=O)N2CCN(c3ccccn3)CC2)s1. The molecule has 0 saturated carbocycles. The first-order valence-corrected chi connectivity index (χ1v) is 11.9. The largest absolute Gasteiger partial charge is 0.353 e. The Morgan fingerprint density at radius 3 is 2.52 bits per heavy atom. The number of hydrogen-bond acceptors (Lipinski definition) is 8. The molecule has 2 amide bonds. The maximum atomic E-state index is 12.5. The van der Waals surface area contributed by atoms with Gasteiger partial charge in [0.1, 0.15) is 10.8 Å². The number of carbonyl (C=O) groups is 2. The molecule has 1 N–H and O–H groups in total. The van der Waals surface area contributed by atoms with Crippen molar-refractivity contribution in [2.75, 3.05) is 42.1 Å². The standard InChI is InChI=1S/C21H22N6O2S2/c28-19(27-12-10-26(11-13-27)17-8-4-5-9-22-17)15-30-14-18-24-25-21(31-18)20(29)23-16-6-2-1-3-7-16/h1-9H,10-15H2,(H,23,29). The number of nitrogens with zero attached hydrogens (tertiary/aromatic N) is 5. The molecule has 2 aromatic heterocycles. The summed E-state index contributed by atoms with van der Waals surface area (Å²) in [7, 11) is 0. The fraction of sp³-hybridized carbons (Fsp3) is 0.286. The summed E-state index contributed by atoms with van der Waals surface area (Å²) in [5.74, 6) is 1.73. The van der Waals surface area contributed by atoms with Crippen molar-refractivity contribution in [2.24, 2.45) is 0 Å². The molecule has 0 spiro atoms. The highest BCUT2D eigenvalue weighted by molar-refractivity contribution is 7.99. The van der Waals surface area contributed by atoms with Gasteiger partial charge in [0.25, 0.3) is 5.91 Å². The summed E-state index contributed by atoms with van der Waals surface area (Å²) >= 11 is 2.75. The summed E-state index contributed by atoms with van der Waals surface area (Å²) in [5, 5.41) is 11.9. The minimum atomic E-state index is -0.276. The third kappa shape index (κ3) is 5.80. The molecular formula is C21H22N6O2S2. The van der Waals surface area contributed by atoms with Gasteiger partial charge in [-0.1, -0.05) is 35.6 Å². The van der Waals surface area contributed by atoms with E-state index in [1.54, 1.807) is 6.20 Å². The van der Waals surface area contributed by atoms with E-state index in [0.717, 1.165) is 23.9 Å². The predicted octanol–water partition coefficient (Wildman–Crippen LogP) is 2.77. The van der Waals surface area contributed by atoms with Crippen molar-refractivity contribution in [3.05, 3.63) is 64.7 Å². The zero-order valence-electron chi connectivity index (χ0n) is 16.8. The van der Waals surface area contributed by atoms with Gasteiger partial charge in [0.05, 0.1) is 5.75 Å². The predicted molar refractivity (Wildman–Crippen MR) is 123 cm³/mol. The van der Waals surface area contributed by atoms with Gasteiger partial charge in [0, 0.05) is 43.8 Å². The molecule has 3 aromatic rings. The summed E-state index contributed by atoms with van der Waals surface area (Å²) in [6.45, 7) is 2.95. The van der Waals surface area contributed by atoms with Crippen LogP contribution in [-0.2, 0) is 10.5 Å². The van der Waals surface area contributed by atoms with Gasteiger partial charge in [0.2, 0.25) is 10.9 Å². The van der Waals surface area contributed by atoms with Crippen LogP contribution in [0.25, 0.3) is 0 Å². The normalized spacial score (nSPS) is 13.8. The fourth-order valence-corrected chi connectivity index (χ4v) is 4.86. The monoisotopic (exact) mass is 454 g/mol. The number of anilines is 2. The molecule has 8 nitrogen and oxygen atoms in total. The van der Waals surface area contributed by atoms with Crippen LogP contribution in [0.2, 0.25) is 0 Å². The third-order valence-corrected chi connectivity index (χ3v) is 6.78. The maximum absolute atomic E-state index is 12.5. The van der Waals surface area contributed by atoms with Crippen LogP contribution in [-0.4, -0.2) is 63.8 Å². The molecule has 0 atom stereocenters. The van der Waals surface area contributed by atoms with Gasteiger partial charge in [-0.05, 0) is 24.3 Å². The number of amides is 2. The van der Waals surface area contributed by atoms with Crippen molar-refractivity contribution in [2.45, 2.75) is 5.75 Å². The Morgan fingerprint density at radius 1 is 1.00 bits per heavy atom. The van der Waals surface area contributed by atoms with Crippen LogP contribution in [0, 0.1) is 0 Å². The van der Waals surface area contributed by atoms with E-state index < -0.39 is 0 Å². The number of hydrogen-bond donors (Lipinski definition) is 1. The third-order valence-electron chi connectivity index (χ3n) is 4.75. The van der Waals surface area contributed by atoms with Gasteiger partial charge in [-0.15, -0.1) is 22.0 Å². The Morgan fingerprint density at radius 2 is 1.77 bits per heavy atom. The van der Waals surface area contributed by atoms with Crippen LogP contribution < -0.4 is 10.2 Å². The van der Waals surface area contributed by atoms with Crippen molar-refractivity contribution in [1.82, 2.24) is 20.1 Å². The highest BCUT2D eigenvalue weighted by atomic mass is 32.2. The summed E-state index contributed by atoms with van der Waals surface area (Å²) in [5.41, 5.74) is 0.715. The Bertz CT molecular complexity index is 1010. The highest BCUT2D eigenvalue weighted by Crippen LogP contribution is 2.19. The van der Waals surface area contributed by atoms with Crippen LogP contribution in [0.3, 0.4) is 0 Å². The van der Waals surface area contributed by atoms with E-state index in [2.05, 4.69) is 25.4 Å². The first-order valence-electron chi connectivity index (χ1n) is 9.89. The molecule has 0 aliphatic carbocycles. The fourth-order valence-electron chi connectivity index (χ4n) is 3.15. The lowest BCUT2D eigenvalue weighted by molar-refractivity contribution is -0.128. The zero-order valence-corrected chi connectivity index (χ0v) is 18.4. The molecule has 0 unspecified atom stereocenters. The number of benzene rings is 1. The van der Waals surface area contributed by atoms with Gasteiger partial charge in [-0.3, -0.25) is 9.59 Å². The number of aromatic nitrogens is 3. The quantitative estimate of drug-likeness (QED) is 0.587. The van der Waals surface area contributed by atoms with E-state index in [1.807, 2.05) is 53.4 Å². The summed E-state index contributed by atoms with van der Waals surface area (Å²) in [4.78, 5) is 33.2. The molecule has 1 aromatic carbocycles. The molecule has 4 rings (SSSR count). The van der Waals surface area contributed by atoms with Crippen molar-refractivity contribution in [1.29, 1.82) is 0 Å². The van der Waals surface area contributed by atoms with E-state index in [9.17, 15) is 9.59 Å². The molecule has 10 heteroatoms. The summed E-state index contributed by atoms with van der Waals surface area (Å²) < 4.78 is 0. The van der Waals surface area contributed by atoms with Gasteiger partial charge in [-0.2, -0.15) is 0 Å². The molecule has 3 heterocycles. The van der Waals surface area contributed by atoms with Crippen LogP contribution in [0.15, 0.2) is 54.7 Å². The molecule has 1 saturated heterocycles. The topological polar surface area (TPSA) is 91.3 Å². The molecule has 0 bridgehead atoms. The highest BCUT2D eigenvalue weighted by Gasteiger charge is 2.22. The van der Waals surface area contributed by atoms with Crippen molar-refractivity contribution >= 4 is 46.4 Å². The molecule has 160 valence electrons. The Kier molecular flexibility index (Phi) is 7.11. The second kappa shape index (κ2) is 10.4. The van der Waals surface area contributed by atoms with E-state index in [4.69, 9.17) is 0 Å². The van der Waals surface area contributed by atoms with E-state index in [-0.39, 0.29) is 11.8 Å². The van der Waals surface area contributed by atoms with E-state index >= 15 is 0 Å². The number of carbonyl (C=O) groups excluding carboxylic acids is 2. The average molecular weight is 455 g/mol. The summed E-state index contributed by atoms with van der Waals surface area (Å²) in [6.07, 6.45) is 1.79. The van der Waals surface area contributed by atoms with Gasteiger partial charge in [0.15, 0.2) is 0 Å². The van der Waals surface area contributed by atoms with Gasteiger partial charge < -0.3 is 15.1 Å². The Balaban J connectivity index is 1.19. The first kappa shape index (κ1) is 21.3. The zero-order chi connectivity index (χ0) is 21.5. The average Bonchev–Trinajstić information content (AvgIpc) is 3.29. The molecular weight excluding hydrogens is 432 g/mol. The number of thioether (sulfide) groups is 1. The number of pyridine rings is 1. The Hall–Kier alpha value is -2.98. The van der Waals surface area contributed by atoms with Crippen molar-refractivity contribution in [3.63, 3.8) is 0 Å². The molecule has 1 aliphatic rings. The van der Waals surface area contributed by atoms with Crippen molar-refractivity contribution in [3.8, 4) is 0 Å². The van der Waals surface area contributed by atoms with Gasteiger partial charge in [-0.25, -0.2) is 4.98 Å². The van der Waals surface area contributed by atoms with E-state index in [1.165, 1.54) is 23.1 Å². The number of nitrogens with one attached hydrogen (secondary N) is 1. The number of para-hydroxylation sites is 1. The lowest BCUT2D eigenvalue weighted by Crippen LogP contribution is -2.49. The minimum absolute atomic E-state index is 0.122. The molecule has 1 fully saturated rings. The minimum Gasteiger partial charge on any atom is -0.353 e.